The first-order valence-electron chi connectivity index (χ1n) is 9.92. The van der Waals surface area contributed by atoms with Gasteiger partial charge in [0.15, 0.2) is 17.3 Å². The molecule has 0 atom stereocenters. The lowest BCUT2D eigenvalue weighted by atomic mass is 10.1. The number of para-hydroxylation sites is 1. The minimum absolute atomic E-state index is 0.188. The molecule has 0 bridgehead atoms. The van der Waals surface area contributed by atoms with Gasteiger partial charge in [-0.1, -0.05) is 48.2 Å². The van der Waals surface area contributed by atoms with E-state index in [4.69, 9.17) is 26.1 Å². The molecule has 1 saturated heterocycles. The molecule has 1 fully saturated rings. The third-order valence-corrected chi connectivity index (χ3v) is 6.62. The Balaban J connectivity index is 1.23. The number of thioether (sulfide) groups is 1. The second-order valence-corrected chi connectivity index (χ2v) is 8.93. The van der Waals surface area contributed by atoms with Crippen LogP contribution in [0.3, 0.4) is 0 Å². The van der Waals surface area contributed by atoms with Gasteiger partial charge in [-0.3, -0.25) is 14.5 Å². The van der Waals surface area contributed by atoms with Gasteiger partial charge in [0.2, 0.25) is 6.79 Å². The zero-order valence-electron chi connectivity index (χ0n) is 17.0. The molecule has 32 heavy (non-hydrogen) atoms. The van der Waals surface area contributed by atoms with Gasteiger partial charge in [0.25, 0.3) is 11.8 Å². The summed E-state index contributed by atoms with van der Waals surface area (Å²) in [6, 6.07) is 13.0. The lowest BCUT2D eigenvalue weighted by molar-refractivity contribution is -0.122. The van der Waals surface area contributed by atoms with Gasteiger partial charge in [-0.25, -0.2) is 0 Å². The van der Waals surface area contributed by atoms with Crippen LogP contribution in [0.15, 0.2) is 51.8 Å². The second kappa shape index (κ2) is 8.33. The smallest absolute Gasteiger partial charge is 0.287 e. The number of hydrogen-bond donors (Lipinski definition) is 1. The molecule has 2 aromatic carbocycles. The average Bonchev–Trinajstić information content (AvgIpc) is 3.46. The molecule has 7 nitrogen and oxygen atoms in total. The predicted octanol–water partition coefficient (Wildman–Crippen LogP) is 4.10. The van der Waals surface area contributed by atoms with Crippen LogP contribution < -0.4 is 14.8 Å². The number of furan rings is 1. The number of amides is 2. The van der Waals surface area contributed by atoms with E-state index >= 15 is 0 Å². The molecule has 1 N–H and O–H groups in total. The SMILES string of the molecule is Cc1c(C(=O)NCCN2C(=O)/C(=C\c3ccc4c(c3)OCO4)SC2=S)oc2ccccc12. The van der Waals surface area contributed by atoms with Gasteiger partial charge in [-0.2, -0.15) is 0 Å². The third kappa shape index (κ3) is 3.74. The number of nitrogens with zero attached hydrogens (tertiary/aromatic N) is 1. The number of nitrogens with one attached hydrogen (secondary N) is 1. The molecular weight excluding hydrogens is 448 g/mol. The predicted molar refractivity (Wildman–Crippen MR) is 126 cm³/mol. The Morgan fingerprint density at radius 2 is 2.03 bits per heavy atom. The van der Waals surface area contributed by atoms with Crippen LogP contribution in [-0.4, -0.2) is 40.9 Å². The first-order chi connectivity index (χ1) is 15.5. The maximum atomic E-state index is 12.8. The van der Waals surface area contributed by atoms with Crippen molar-refractivity contribution in [3.8, 4) is 11.5 Å². The number of fused-ring (bicyclic) bond motifs is 2. The fraction of sp³-hybridized carbons (Fsp3) is 0.174. The van der Waals surface area contributed by atoms with E-state index in [2.05, 4.69) is 5.32 Å². The number of benzene rings is 2. The molecule has 0 unspecified atom stereocenters. The molecular formula is C23H18N2O5S2. The fourth-order valence-corrected chi connectivity index (χ4v) is 4.91. The monoisotopic (exact) mass is 466 g/mol. The van der Waals surface area contributed by atoms with Crippen LogP contribution in [0.5, 0.6) is 11.5 Å². The van der Waals surface area contributed by atoms with E-state index in [9.17, 15) is 9.59 Å². The molecule has 0 spiro atoms. The highest BCUT2D eigenvalue weighted by atomic mass is 32.2. The number of ether oxygens (including phenoxy) is 2. The molecule has 0 aliphatic carbocycles. The van der Waals surface area contributed by atoms with Crippen LogP contribution in [-0.2, 0) is 4.79 Å². The zero-order valence-corrected chi connectivity index (χ0v) is 18.7. The van der Waals surface area contributed by atoms with Gasteiger partial charge in [0.05, 0.1) is 4.91 Å². The minimum Gasteiger partial charge on any atom is -0.454 e. The van der Waals surface area contributed by atoms with Crippen molar-refractivity contribution >= 4 is 57.2 Å². The molecule has 3 aromatic rings. The number of thiocarbonyl (C=S) groups is 1. The number of carbonyl (C=O) groups is 2. The van der Waals surface area contributed by atoms with E-state index in [1.165, 1.54) is 16.7 Å². The maximum absolute atomic E-state index is 12.8. The Hall–Kier alpha value is -3.30. The molecule has 1 aromatic heterocycles. The summed E-state index contributed by atoms with van der Waals surface area (Å²) in [4.78, 5) is 27.4. The van der Waals surface area contributed by atoms with E-state index in [1.54, 1.807) is 6.08 Å². The summed E-state index contributed by atoms with van der Waals surface area (Å²) in [6.45, 7) is 2.57. The van der Waals surface area contributed by atoms with Crippen LogP contribution in [0.2, 0.25) is 0 Å². The Morgan fingerprint density at radius 1 is 1.22 bits per heavy atom. The quantitative estimate of drug-likeness (QED) is 0.448. The lowest BCUT2D eigenvalue weighted by Gasteiger charge is -2.14. The van der Waals surface area contributed by atoms with Crippen molar-refractivity contribution in [2.75, 3.05) is 19.9 Å². The first kappa shape index (κ1) is 20.6. The molecule has 5 rings (SSSR count). The zero-order chi connectivity index (χ0) is 22.2. The van der Waals surface area contributed by atoms with Crippen molar-refractivity contribution < 1.29 is 23.5 Å². The summed E-state index contributed by atoms with van der Waals surface area (Å²) in [6.07, 6.45) is 1.78. The van der Waals surface area contributed by atoms with Gasteiger partial charge < -0.3 is 19.2 Å². The maximum Gasteiger partial charge on any atom is 0.287 e. The van der Waals surface area contributed by atoms with Crippen LogP contribution in [0.25, 0.3) is 17.0 Å². The number of aryl methyl sites for hydroxylation is 1. The van der Waals surface area contributed by atoms with E-state index in [0.717, 1.165) is 16.5 Å². The van der Waals surface area contributed by atoms with E-state index < -0.39 is 0 Å². The van der Waals surface area contributed by atoms with E-state index in [0.29, 0.717) is 26.3 Å². The topological polar surface area (TPSA) is 81.0 Å². The van der Waals surface area contributed by atoms with Crippen molar-refractivity contribution in [3.05, 3.63) is 64.3 Å². The summed E-state index contributed by atoms with van der Waals surface area (Å²) < 4.78 is 16.8. The van der Waals surface area contributed by atoms with E-state index in [1.807, 2.05) is 49.4 Å². The van der Waals surface area contributed by atoms with Gasteiger partial charge in [0, 0.05) is 24.0 Å². The highest BCUT2D eigenvalue weighted by Gasteiger charge is 2.32. The first-order valence-corrected chi connectivity index (χ1v) is 11.1. The number of hydrogen-bond acceptors (Lipinski definition) is 7. The molecule has 0 saturated carbocycles. The Labute approximate surface area is 193 Å². The van der Waals surface area contributed by atoms with Crippen LogP contribution in [0.1, 0.15) is 21.7 Å². The Kier molecular flexibility index (Phi) is 5.36. The molecule has 2 amide bonds. The molecule has 3 heterocycles. The molecule has 9 heteroatoms. The van der Waals surface area contributed by atoms with Crippen molar-refractivity contribution in [1.29, 1.82) is 0 Å². The highest BCUT2D eigenvalue weighted by molar-refractivity contribution is 8.26. The van der Waals surface area contributed by atoms with Gasteiger partial charge in [-0.15, -0.1) is 0 Å². The molecule has 0 radical (unpaired) electrons. The third-order valence-electron chi connectivity index (χ3n) is 5.24. The molecule has 2 aliphatic rings. The molecule has 162 valence electrons. The lowest BCUT2D eigenvalue weighted by Crippen LogP contribution is -2.37. The second-order valence-electron chi connectivity index (χ2n) is 7.25. The van der Waals surface area contributed by atoms with Crippen LogP contribution in [0.4, 0.5) is 0 Å². The fourth-order valence-electron chi connectivity index (χ4n) is 3.60. The van der Waals surface area contributed by atoms with Crippen molar-refractivity contribution in [2.24, 2.45) is 0 Å². The summed E-state index contributed by atoms with van der Waals surface area (Å²) in [7, 11) is 0. The van der Waals surface area contributed by atoms with Crippen LogP contribution in [0, 0.1) is 6.92 Å². The average molecular weight is 467 g/mol. The highest BCUT2D eigenvalue weighted by Crippen LogP contribution is 2.36. The Morgan fingerprint density at radius 3 is 2.88 bits per heavy atom. The standard InChI is InChI=1S/C23H18N2O5S2/c1-13-15-4-2-3-5-16(15)30-20(13)21(26)24-8-9-25-22(27)19(32-23(25)31)11-14-6-7-17-18(10-14)29-12-28-17/h2-7,10-11H,8-9,12H2,1H3,(H,24,26)/b19-11+. The van der Waals surface area contributed by atoms with Crippen molar-refractivity contribution in [2.45, 2.75) is 6.92 Å². The van der Waals surface area contributed by atoms with Crippen molar-refractivity contribution in [1.82, 2.24) is 10.2 Å². The Bertz CT molecular complexity index is 1300. The summed E-state index contributed by atoms with van der Waals surface area (Å²) >= 11 is 6.61. The van der Waals surface area contributed by atoms with Crippen molar-refractivity contribution in [3.63, 3.8) is 0 Å². The minimum atomic E-state index is -0.319. The van der Waals surface area contributed by atoms with E-state index in [-0.39, 0.29) is 37.5 Å². The summed E-state index contributed by atoms with van der Waals surface area (Å²) in [5, 5.41) is 3.72. The van der Waals surface area contributed by atoms with Gasteiger partial charge in [0.1, 0.15) is 9.90 Å². The normalized spacial score (nSPS) is 16.4. The summed E-state index contributed by atoms with van der Waals surface area (Å²) in [5.41, 5.74) is 2.28. The molecule has 2 aliphatic heterocycles. The van der Waals surface area contributed by atoms with Gasteiger partial charge >= 0.3 is 0 Å². The largest absolute Gasteiger partial charge is 0.454 e. The number of rotatable bonds is 5. The summed E-state index contributed by atoms with van der Waals surface area (Å²) in [5.74, 6) is 1.11. The van der Waals surface area contributed by atoms with Crippen LogP contribution >= 0.6 is 24.0 Å². The van der Waals surface area contributed by atoms with Gasteiger partial charge in [-0.05, 0) is 36.8 Å². The number of carbonyl (C=O) groups excluding carboxylic acids is 2.